The molecule has 0 radical (unpaired) electrons. The Morgan fingerprint density at radius 3 is 2.23 bits per heavy atom. The van der Waals surface area contributed by atoms with Gasteiger partial charge in [0.2, 0.25) is 15.9 Å². The zero-order valence-electron chi connectivity index (χ0n) is 22.4. The molecule has 0 aliphatic carbocycles. The van der Waals surface area contributed by atoms with E-state index in [2.05, 4.69) is 10.6 Å². The number of hydrogen-bond acceptors (Lipinski definition) is 7. The lowest BCUT2D eigenvalue weighted by Crippen LogP contribution is -2.51. The minimum absolute atomic E-state index is 0.00977. The maximum Gasteiger partial charge on any atom is 0.328 e. The number of aromatic nitrogens is 1. The van der Waals surface area contributed by atoms with E-state index < -0.39 is 39.9 Å². The van der Waals surface area contributed by atoms with Crippen molar-refractivity contribution in [2.24, 2.45) is 0 Å². The van der Waals surface area contributed by atoms with Crippen LogP contribution in [0.3, 0.4) is 0 Å². The maximum absolute atomic E-state index is 13.3. The highest BCUT2D eigenvalue weighted by atomic mass is 35.5. The van der Waals surface area contributed by atoms with Crippen molar-refractivity contribution in [1.29, 1.82) is 0 Å². The number of sulfonamides is 1. The van der Waals surface area contributed by atoms with Crippen molar-refractivity contribution < 1.29 is 32.3 Å². The van der Waals surface area contributed by atoms with E-state index in [0.717, 1.165) is 16.7 Å². The molecule has 1 aromatic heterocycles. The topological polar surface area (TPSA) is 149 Å². The summed E-state index contributed by atoms with van der Waals surface area (Å²) in [6.07, 6.45) is 2.68. The van der Waals surface area contributed by atoms with Gasteiger partial charge in [-0.3, -0.25) is 9.59 Å². The molecule has 2 heterocycles. The Morgan fingerprint density at radius 1 is 1.05 bits per heavy atom. The molecule has 11 nitrogen and oxygen atoms in total. The summed E-state index contributed by atoms with van der Waals surface area (Å²) in [5.74, 6) is -2.03. The second-order valence-corrected chi connectivity index (χ2v) is 13.1. The highest BCUT2D eigenvalue weighted by Gasteiger charge is 2.41. The average molecular weight is 690 g/mol. The van der Waals surface area contributed by atoms with E-state index in [-0.39, 0.29) is 49.9 Å². The van der Waals surface area contributed by atoms with Gasteiger partial charge in [0.25, 0.3) is 5.91 Å². The molecule has 1 fully saturated rings. The molecule has 16 heteroatoms. The van der Waals surface area contributed by atoms with Crippen LogP contribution in [0, 0.1) is 5.21 Å². The number of methoxy groups -OCH3 is 1. The molecule has 0 spiro atoms. The second kappa shape index (κ2) is 13.7. The van der Waals surface area contributed by atoms with Gasteiger partial charge in [-0.2, -0.15) is 9.04 Å². The highest BCUT2D eigenvalue weighted by molar-refractivity contribution is 7.89. The third-order valence-corrected chi connectivity index (χ3v) is 9.48. The first-order valence-corrected chi connectivity index (χ1v) is 15.6. The SMILES string of the molecule is COC(=O)[C@H](Cc1ccc(NC(=O)c2c(Cl)c[n+]([O-])cc2Cl)cc1)NC(=O)[C@H]1CCCN1S(=O)(=O)c1cc(Cl)cc(Cl)c1. The predicted octanol–water partition coefficient (Wildman–Crippen LogP) is 4.24. The molecule has 0 unspecified atom stereocenters. The van der Waals surface area contributed by atoms with Crippen molar-refractivity contribution in [2.75, 3.05) is 19.0 Å². The van der Waals surface area contributed by atoms with E-state index in [1.807, 2.05) is 0 Å². The predicted molar refractivity (Wildman–Crippen MR) is 161 cm³/mol. The van der Waals surface area contributed by atoms with Crippen LogP contribution in [0.15, 0.2) is 59.8 Å². The van der Waals surface area contributed by atoms with Crippen LogP contribution in [-0.4, -0.2) is 56.2 Å². The lowest BCUT2D eigenvalue weighted by atomic mass is 10.0. The molecule has 0 saturated carbocycles. The molecule has 1 aliphatic heterocycles. The molecular formula is C27H24Cl4N4O7S. The summed E-state index contributed by atoms with van der Waals surface area (Å²) in [4.78, 5) is 38.4. The summed E-state index contributed by atoms with van der Waals surface area (Å²) in [6.45, 7) is 0.0942. The van der Waals surface area contributed by atoms with E-state index in [0.29, 0.717) is 22.4 Å². The quantitative estimate of drug-likeness (QED) is 0.194. The first kappa shape index (κ1) is 32.8. The van der Waals surface area contributed by atoms with E-state index in [1.54, 1.807) is 24.3 Å². The number of rotatable bonds is 9. The fourth-order valence-electron chi connectivity index (χ4n) is 4.58. The van der Waals surface area contributed by atoms with Gasteiger partial charge in [0.1, 0.15) is 22.1 Å². The Morgan fingerprint density at radius 2 is 1.65 bits per heavy atom. The number of ether oxygens (including phenoxy) is 1. The van der Waals surface area contributed by atoms with Crippen LogP contribution in [0.25, 0.3) is 0 Å². The number of anilines is 1. The van der Waals surface area contributed by atoms with Gasteiger partial charge in [0, 0.05) is 28.7 Å². The molecule has 4 rings (SSSR count). The molecular weight excluding hydrogens is 666 g/mol. The number of benzene rings is 2. The average Bonchev–Trinajstić information content (AvgIpc) is 3.43. The molecule has 1 saturated heterocycles. The van der Waals surface area contributed by atoms with Crippen LogP contribution in [0.2, 0.25) is 20.1 Å². The third kappa shape index (κ3) is 7.69. The van der Waals surface area contributed by atoms with Gasteiger partial charge >= 0.3 is 5.97 Å². The van der Waals surface area contributed by atoms with Crippen LogP contribution in [0.4, 0.5) is 5.69 Å². The van der Waals surface area contributed by atoms with Crippen LogP contribution in [-0.2, 0) is 30.8 Å². The number of halogens is 4. The molecule has 1 aliphatic rings. The Balaban J connectivity index is 1.46. The fourth-order valence-corrected chi connectivity index (χ4v) is 7.58. The number of nitrogens with one attached hydrogen (secondary N) is 2. The van der Waals surface area contributed by atoms with Crippen molar-refractivity contribution in [3.05, 3.63) is 91.3 Å². The van der Waals surface area contributed by atoms with Crippen molar-refractivity contribution >= 4 is 79.9 Å². The molecule has 0 bridgehead atoms. The van der Waals surface area contributed by atoms with E-state index in [4.69, 9.17) is 51.1 Å². The van der Waals surface area contributed by atoms with Gasteiger partial charge in [-0.1, -0.05) is 58.5 Å². The van der Waals surface area contributed by atoms with Crippen molar-refractivity contribution in [3.8, 4) is 0 Å². The van der Waals surface area contributed by atoms with Crippen LogP contribution in [0.1, 0.15) is 28.8 Å². The number of carbonyl (C=O) groups is 3. The summed E-state index contributed by atoms with van der Waals surface area (Å²) >= 11 is 24.0. The zero-order chi connectivity index (χ0) is 31.5. The minimum atomic E-state index is -4.12. The normalized spacial score (nSPS) is 16.0. The number of esters is 1. The molecule has 43 heavy (non-hydrogen) atoms. The van der Waals surface area contributed by atoms with Crippen LogP contribution < -0.4 is 15.4 Å². The number of carbonyl (C=O) groups excluding carboxylic acids is 3. The van der Waals surface area contributed by atoms with Gasteiger partial charge in [-0.15, -0.1) is 0 Å². The zero-order valence-corrected chi connectivity index (χ0v) is 26.2. The van der Waals surface area contributed by atoms with Crippen LogP contribution in [0.5, 0.6) is 0 Å². The number of amides is 2. The second-order valence-electron chi connectivity index (χ2n) is 9.51. The van der Waals surface area contributed by atoms with Crippen molar-refractivity contribution in [2.45, 2.75) is 36.2 Å². The summed E-state index contributed by atoms with van der Waals surface area (Å²) in [7, 11) is -2.95. The van der Waals surface area contributed by atoms with Gasteiger partial charge in [0.05, 0.1) is 17.6 Å². The first-order valence-electron chi connectivity index (χ1n) is 12.6. The van der Waals surface area contributed by atoms with E-state index >= 15 is 0 Å². The van der Waals surface area contributed by atoms with Gasteiger partial charge in [-0.05, 0) is 48.7 Å². The van der Waals surface area contributed by atoms with E-state index in [9.17, 15) is 28.0 Å². The number of nitrogens with zero attached hydrogens (tertiary/aromatic N) is 2. The Bertz CT molecular complexity index is 1630. The largest absolute Gasteiger partial charge is 0.619 e. The fraction of sp³-hybridized carbons (Fsp3) is 0.259. The summed E-state index contributed by atoms with van der Waals surface area (Å²) in [6, 6.07) is 8.06. The molecule has 3 aromatic rings. The third-order valence-electron chi connectivity index (χ3n) is 6.59. The van der Waals surface area contributed by atoms with Crippen molar-refractivity contribution in [1.82, 2.24) is 9.62 Å². The smallest absolute Gasteiger partial charge is 0.328 e. The van der Waals surface area contributed by atoms with Crippen molar-refractivity contribution in [3.63, 3.8) is 0 Å². The lowest BCUT2D eigenvalue weighted by molar-refractivity contribution is -0.605. The molecule has 2 N–H and O–H groups in total. The molecule has 2 aromatic carbocycles. The van der Waals surface area contributed by atoms with Gasteiger partial charge in [0.15, 0.2) is 12.4 Å². The monoisotopic (exact) mass is 688 g/mol. The molecule has 228 valence electrons. The minimum Gasteiger partial charge on any atom is -0.619 e. The summed E-state index contributed by atoms with van der Waals surface area (Å²) in [5.41, 5.74) is 0.891. The highest BCUT2D eigenvalue weighted by Crippen LogP contribution is 2.30. The summed E-state index contributed by atoms with van der Waals surface area (Å²) < 4.78 is 33.0. The lowest BCUT2D eigenvalue weighted by Gasteiger charge is -2.25. The Labute approximate surface area is 267 Å². The Kier molecular flexibility index (Phi) is 10.4. The summed E-state index contributed by atoms with van der Waals surface area (Å²) in [5, 5.41) is 16.7. The maximum atomic E-state index is 13.3. The van der Waals surface area contributed by atoms with Crippen LogP contribution >= 0.6 is 46.4 Å². The Hall–Kier alpha value is -3.13. The number of pyridine rings is 1. The molecule has 2 atom stereocenters. The van der Waals surface area contributed by atoms with E-state index in [1.165, 1.54) is 25.3 Å². The number of hydrogen-bond donors (Lipinski definition) is 2. The van der Waals surface area contributed by atoms with Gasteiger partial charge in [-0.25, -0.2) is 13.2 Å². The first-order chi connectivity index (χ1) is 20.3. The standard InChI is InChI=1S/C27H24Cl4N4O7S/c1-42-27(38)22(9-15-4-6-18(7-5-15)32-26(37)24-20(30)13-34(39)14-21(24)31)33-25(36)23-3-2-8-35(23)43(40,41)19-11-16(28)10-17(29)12-19/h4-7,10-14,22-23H,2-3,8-9H2,1H3,(H,32,37)(H,33,36)/t22-,23+/m0/s1. The van der Waals surface area contributed by atoms with Gasteiger partial charge < -0.3 is 20.6 Å². The molecule has 2 amide bonds.